The topological polar surface area (TPSA) is 17.1 Å². The number of carbonyl (C=O) groups excluding carboxylic acids is 1. The highest BCUT2D eigenvalue weighted by molar-refractivity contribution is 9.09. The molecule has 40 valence electrons. The van der Waals surface area contributed by atoms with Gasteiger partial charge in [-0.2, -0.15) is 0 Å². The summed E-state index contributed by atoms with van der Waals surface area (Å²) in [5, 5.41) is 0. The fourth-order valence-corrected chi connectivity index (χ4v) is 1.06. The van der Waals surface area contributed by atoms with Crippen molar-refractivity contribution in [1.82, 2.24) is 0 Å². The summed E-state index contributed by atoms with van der Waals surface area (Å²) in [6.07, 6.45) is 0.798. The Kier molecular flexibility index (Phi) is 1.20. The van der Waals surface area contributed by atoms with E-state index in [-0.39, 0.29) is 0 Å². The zero-order chi connectivity index (χ0) is 5.44. The Bertz CT molecular complexity index is 98.3. The highest BCUT2D eigenvalue weighted by atomic mass is 79.9. The first kappa shape index (κ1) is 5.29. The molecule has 0 heterocycles. The van der Waals surface area contributed by atoms with E-state index in [1.807, 2.05) is 6.92 Å². The predicted molar refractivity (Wildman–Crippen MR) is 31.5 cm³/mol. The maximum absolute atomic E-state index is 10.3. The van der Waals surface area contributed by atoms with Gasteiger partial charge in [-0.3, -0.25) is 4.79 Å². The van der Waals surface area contributed by atoms with Crippen LogP contribution in [0.3, 0.4) is 0 Å². The molecule has 0 radical (unpaired) electrons. The van der Waals surface area contributed by atoms with Crippen LogP contribution in [0.2, 0.25) is 0 Å². The molecule has 0 amide bonds. The van der Waals surface area contributed by atoms with Gasteiger partial charge in [-0.15, -0.1) is 0 Å². The van der Waals surface area contributed by atoms with E-state index in [0.29, 0.717) is 16.5 Å². The Labute approximate surface area is 51.2 Å². The molecule has 0 N–H and O–H groups in total. The van der Waals surface area contributed by atoms with E-state index >= 15 is 0 Å². The zero-order valence-corrected chi connectivity index (χ0v) is 5.73. The van der Waals surface area contributed by atoms with Crippen LogP contribution in [0.1, 0.15) is 13.3 Å². The first-order chi connectivity index (χ1) is 3.22. The molecule has 1 rings (SSSR count). The third kappa shape index (κ3) is 1.03. The smallest absolute Gasteiger partial charge is 0.138 e. The van der Waals surface area contributed by atoms with Gasteiger partial charge in [-0.25, -0.2) is 0 Å². The van der Waals surface area contributed by atoms with Crippen molar-refractivity contribution in [2.45, 2.75) is 18.2 Å². The van der Waals surface area contributed by atoms with Gasteiger partial charge in [-0.05, 0) is 0 Å². The highest BCUT2D eigenvalue weighted by Crippen LogP contribution is 2.31. The Morgan fingerprint density at radius 1 is 2.00 bits per heavy atom. The minimum absolute atomic E-state index is 0.347. The molecule has 2 unspecified atom stereocenters. The zero-order valence-electron chi connectivity index (χ0n) is 4.15. The van der Waals surface area contributed by atoms with Gasteiger partial charge in [0.15, 0.2) is 0 Å². The van der Waals surface area contributed by atoms with Crippen molar-refractivity contribution in [3.8, 4) is 0 Å². The summed E-state index contributed by atoms with van der Waals surface area (Å²) in [5.74, 6) is 0.754. The minimum Gasteiger partial charge on any atom is -0.299 e. The lowest BCUT2D eigenvalue weighted by Crippen LogP contribution is -1.93. The van der Waals surface area contributed by atoms with Crippen molar-refractivity contribution in [2.24, 2.45) is 5.92 Å². The van der Waals surface area contributed by atoms with E-state index in [1.54, 1.807) is 0 Å². The van der Waals surface area contributed by atoms with Gasteiger partial charge in [0.05, 0.1) is 0 Å². The summed E-state index contributed by atoms with van der Waals surface area (Å²) < 4.78 is 0. The van der Waals surface area contributed by atoms with Crippen molar-refractivity contribution in [3.05, 3.63) is 0 Å². The van der Waals surface area contributed by atoms with Gasteiger partial charge in [-0.1, -0.05) is 22.9 Å². The van der Waals surface area contributed by atoms with Crippen LogP contribution < -0.4 is 0 Å². The predicted octanol–water partition coefficient (Wildman–Crippen LogP) is 1.36. The molecular formula is C5H7BrO. The molecule has 0 spiro atoms. The Balaban J connectivity index is 2.33. The molecule has 1 nitrogen and oxygen atoms in total. The summed E-state index contributed by atoms with van der Waals surface area (Å²) >= 11 is 3.32. The SMILES string of the molecule is CC(Br)C1CC1=O. The molecule has 2 atom stereocenters. The van der Waals surface area contributed by atoms with E-state index < -0.39 is 0 Å². The molecule has 0 aliphatic heterocycles. The van der Waals surface area contributed by atoms with Gasteiger partial charge >= 0.3 is 0 Å². The van der Waals surface area contributed by atoms with Gasteiger partial charge < -0.3 is 0 Å². The molecule has 2 heteroatoms. The van der Waals surface area contributed by atoms with Crippen LogP contribution in [0.5, 0.6) is 0 Å². The Hall–Kier alpha value is 0.150. The van der Waals surface area contributed by atoms with Gasteiger partial charge in [0.1, 0.15) is 5.78 Å². The number of hydrogen-bond donors (Lipinski definition) is 0. The van der Waals surface area contributed by atoms with Crippen LogP contribution in [-0.4, -0.2) is 10.6 Å². The average Bonchev–Trinajstić information content (AvgIpc) is 2.17. The number of Topliss-reactive ketones (excluding diaryl/α,β-unsaturated/α-hetero) is 1. The molecule has 0 aromatic carbocycles. The standard InChI is InChI=1S/C5H7BrO/c1-3(6)4-2-5(4)7/h3-4H,2H2,1H3. The van der Waals surface area contributed by atoms with E-state index in [0.717, 1.165) is 6.42 Å². The summed E-state index contributed by atoms with van der Waals surface area (Å²) in [6, 6.07) is 0. The maximum atomic E-state index is 10.3. The molecule has 0 aromatic heterocycles. The van der Waals surface area contributed by atoms with Crippen molar-refractivity contribution in [2.75, 3.05) is 0 Å². The maximum Gasteiger partial charge on any atom is 0.138 e. The normalized spacial score (nSPS) is 32.9. The quantitative estimate of drug-likeness (QED) is 0.533. The van der Waals surface area contributed by atoms with E-state index in [9.17, 15) is 4.79 Å². The van der Waals surface area contributed by atoms with Gasteiger partial charge in [0, 0.05) is 17.2 Å². The first-order valence-electron chi connectivity index (χ1n) is 2.38. The second-order valence-electron chi connectivity index (χ2n) is 1.95. The lowest BCUT2D eigenvalue weighted by atomic mass is 10.3. The van der Waals surface area contributed by atoms with Gasteiger partial charge in [0.2, 0.25) is 0 Å². The number of carbonyl (C=O) groups is 1. The van der Waals surface area contributed by atoms with E-state index in [2.05, 4.69) is 15.9 Å². The lowest BCUT2D eigenvalue weighted by Gasteiger charge is -1.89. The third-order valence-corrected chi connectivity index (χ3v) is 1.87. The minimum atomic E-state index is 0.347. The van der Waals surface area contributed by atoms with Crippen LogP contribution in [0.25, 0.3) is 0 Å². The summed E-state index contributed by atoms with van der Waals surface area (Å²) in [5.41, 5.74) is 0. The summed E-state index contributed by atoms with van der Waals surface area (Å²) in [6.45, 7) is 2.01. The van der Waals surface area contributed by atoms with Crippen LogP contribution >= 0.6 is 15.9 Å². The lowest BCUT2D eigenvalue weighted by molar-refractivity contribution is -0.111. The van der Waals surface area contributed by atoms with Gasteiger partial charge in [0.25, 0.3) is 0 Å². The number of rotatable bonds is 1. The van der Waals surface area contributed by atoms with Crippen molar-refractivity contribution in [3.63, 3.8) is 0 Å². The Morgan fingerprint density at radius 3 is 2.43 bits per heavy atom. The third-order valence-electron chi connectivity index (χ3n) is 1.23. The largest absolute Gasteiger partial charge is 0.299 e. The molecule has 0 saturated heterocycles. The first-order valence-corrected chi connectivity index (χ1v) is 3.30. The number of hydrogen-bond acceptors (Lipinski definition) is 1. The van der Waals surface area contributed by atoms with Crippen molar-refractivity contribution in [1.29, 1.82) is 0 Å². The van der Waals surface area contributed by atoms with Crippen LogP contribution in [-0.2, 0) is 4.79 Å². The second-order valence-corrected chi connectivity index (χ2v) is 3.40. The summed E-state index contributed by atoms with van der Waals surface area (Å²) in [4.78, 5) is 10.7. The fraction of sp³-hybridized carbons (Fsp3) is 0.800. The second kappa shape index (κ2) is 1.58. The highest BCUT2D eigenvalue weighted by Gasteiger charge is 2.37. The Morgan fingerprint density at radius 2 is 2.43 bits per heavy atom. The fourth-order valence-electron chi connectivity index (χ4n) is 0.576. The summed E-state index contributed by atoms with van der Waals surface area (Å²) in [7, 11) is 0. The van der Waals surface area contributed by atoms with E-state index in [4.69, 9.17) is 0 Å². The molecule has 1 aliphatic rings. The van der Waals surface area contributed by atoms with E-state index in [1.165, 1.54) is 0 Å². The number of halogens is 1. The monoisotopic (exact) mass is 162 g/mol. The van der Waals surface area contributed by atoms with Crippen molar-refractivity contribution < 1.29 is 4.79 Å². The van der Waals surface area contributed by atoms with Crippen molar-refractivity contribution >= 4 is 21.7 Å². The molecule has 1 fully saturated rings. The average molecular weight is 163 g/mol. The molecule has 1 aliphatic carbocycles. The number of ketones is 1. The number of alkyl halides is 1. The molecule has 0 aromatic rings. The molecular weight excluding hydrogens is 156 g/mol. The van der Waals surface area contributed by atoms with Crippen LogP contribution in [0.4, 0.5) is 0 Å². The van der Waals surface area contributed by atoms with Crippen LogP contribution in [0.15, 0.2) is 0 Å². The van der Waals surface area contributed by atoms with Crippen LogP contribution in [0, 0.1) is 5.92 Å². The molecule has 0 bridgehead atoms. The molecule has 1 saturated carbocycles. The molecule has 7 heavy (non-hydrogen) atoms.